The van der Waals surface area contributed by atoms with E-state index < -0.39 is 0 Å². The maximum Gasteiger partial charge on any atom is 0.271 e. The first-order valence-corrected chi connectivity index (χ1v) is 9.14. The highest BCUT2D eigenvalue weighted by atomic mass is 16.2. The van der Waals surface area contributed by atoms with E-state index in [1.54, 1.807) is 4.68 Å². The molecule has 0 bridgehead atoms. The summed E-state index contributed by atoms with van der Waals surface area (Å²) < 4.78 is 2.94. The van der Waals surface area contributed by atoms with Crippen molar-refractivity contribution in [3.63, 3.8) is 0 Å². The fraction of sp³-hybridized carbons (Fsp3) is 0.0909. The Morgan fingerprint density at radius 3 is 2.31 bits per heavy atom. The molecule has 7 nitrogen and oxygen atoms in total. The summed E-state index contributed by atoms with van der Waals surface area (Å²) in [6.07, 6.45) is 1.91. The van der Waals surface area contributed by atoms with Crippen molar-refractivity contribution >= 4 is 5.91 Å². The highest BCUT2D eigenvalue weighted by Gasteiger charge is 2.14. The maximum absolute atomic E-state index is 12.5. The minimum absolute atomic E-state index is 0.184. The number of nitrogens with one attached hydrogen (secondary N) is 1. The minimum Gasteiger partial charge on any atom is -0.346 e. The van der Waals surface area contributed by atoms with Crippen molar-refractivity contribution in [3.05, 3.63) is 101 Å². The highest BCUT2D eigenvalue weighted by Crippen LogP contribution is 2.23. The molecule has 2 aromatic heterocycles. The number of hydrogen-bond donors (Lipinski definition) is 1. The molecule has 0 spiro atoms. The SMILES string of the molecule is Cn1nc(C(=O)NCc2cn(-c3ccccc3)nc2-c2ccccc2)ccc1=O. The van der Waals surface area contributed by atoms with Crippen LogP contribution in [0.5, 0.6) is 0 Å². The smallest absolute Gasteiger partial charge is 0.271 e. The molecule has 0 aliphatic rings. The molecule has 1 N–H and O–H groups in total. The zero-order valence-corrected chi connectivity index (χ0v) is 15.8. The Hall–Kier alpha value is -4.00. The Labute approximate surface area is 167 Å². The summed E-state index contributed by atoms with van der Waals surface area (Å²) in [5.74, 6) is -0.355. The van der Waals surface area contributed by atoms with Gasteiger partial charge in [0.15, 0.2) is 0 Å². The zero-order chi connectivity index (χ0) is 20.2. The van der Waals surface area contributed by atoms with Crippen LogP contribution in [0.15, 0.2) is 83.8 Å². The van der Waals surface area contributed by atoms with Gasteiger partial charge in [-0.15, -0.1) is 0 Å². The van der Waals surface area contributed by atoms with Crippen LogP contribution in [-0.2, 0) is 13.6 Å². The van der Waals surface area contributed by atoms with Crippen LogP contribution in [0.25, 0.3) is 16.9 Å². The average molecular weight is 385 g/mol. The topological polar surface area (TPSA) is 81.8 Å². The molecule has 0 aliphatic heterocycles. The van der Waals surface area contributed by atoms with Gasteiger partial charge in [-0.05, 0) is 18.2 Å². The third-order valence-electron chi connectivity index (χ3n) is 4.49. The first kappa shape index (κ1) is 18.4. The maximum atomic E-state index is 12.5. The van der Waals surface area contributed by atoms with Gasteiger partial charge in [0.25, 0.3) is 11.5 Å². The van der Waals surface area contributed by atoms with Gasteiger partial charge in [0.05, 0.1) is 11.4 Å². The van der Waals surface area contributed by atoms with E-state index in [0.29, 0.717) is 0 Å². The van der Waals surface area contributed by atoms with E-state index in [-0.39, 0.29) is 23.7 Å². The van der Waals surface area contributed by atoms with Gasteiger partial charge in [0, 0.05) is 37.0 Å². The second-order valence-corrected chi connectivity index (χ2v) is 6.51. The van der Waals surface area contributed by atoms with Crippen molar-refractivity contribution in [2.45, 2.75) is 6.54 Å². The first-order valence-electron chi connectivity index (χ1n) is 9.14. The Morgan fingerprint density at radius 2 is 1.62 bits per heavy atom. The van der Waals surface area contributed by atoms with Gasteiger partial charge in [-0.2, -0.15) is 10.2 Å². The van der Waals surface area contributed by atoms with Crippen molar-refractivity contribution < 1.29 is 4.79 Å². The minimum atomic E-state index is -0.355. The number of nitrogens with zero attached hydrogens (tertiary/aromatic N) is 4. The number of rotatable bonds is 5. The average Bonchev–Trinajstić information content (AvgIpc) is 3.19. The molecular formula is C22H19N5O2. The van der Waals surface area contributed by atoms with Gasteiger partial charge in [-0.25, -0.2) is 9.36 Å². The van der Waals surface area contributed by atoms with Gasteiger partial charge >= 0.3 is 0 Å². The van der Waals surface area contributed by atoms with Crippen molar-refractivity contribution in [2.24, 2.45) is 7.05 Å². The fourth-order valence-corrected chi connectivity index (χ4v) is 2.98. The Balaban J connectivity index is 1.63. The van der Waals surface area contributed by atoms with E-state index in [1.165, 1.54) is 19.2 Å². The number of benzene rings is 2. The quantitative estimate of drug-likeness (QED) is 0.572. The number of carbonyl (C=O) groups excluding carboxylic acids is 1. The Morgan fingerprint density at radius 1 is 0.931 bits per heavy atom. The first-order chi connectivity index (χ1) is 14.1. The van der Waals surface area contributed by atoms with Crippen molar-refractivity contribution in [1.29, 1.82) is 0 Å². The van der Waals surface area contributed by atoms with E-state index in [1.807, 2.05) is 66.9 Å². The molecule has 144 valence electrons. The molecular weight excluding hydrogens is 366 g/mol. The summed E-state index contributed by atoms with van der Waals surface area (Å²) in [4.78, 5) is 24.0. The zero-order valence-electron chi connectivity index (χ0n) is 15.8. The Bertz CT molecular complexity index is 1200. The molecule has 7 heteroatoms. The van der Waals surface area contributed by atoms with E-state index in [9.17, 15) is 9.59 Å². The standard InChI is InChI=1S/C22H19N5O2/c1-26-20(28)13-12-19(24-26)22(29)23-14-17-15-27(18-10-6-3-7-11-18)25-21(17)16-8-4-2-5-9-16/h2-13,15H,14H2,1H3,(H,23,29). The molecule has 0 atom stereocenters. The van der Waals surface area contributed by atoms with Crippen LogP contribution >= 0.6 is 0 Å². The molecule has 0 saturated heterocycles. The van der Waals surface area contributed by atoms with Crippen LogP contribution < -0.4 is 10.9 Å². The predicted molar refractivity (Wildman–Crippen MR) is 110 cm³/mol. The molecule has 2 heterocycles. The number of amides is 1. The highest BCUT2D eigenvalue weighted by molar-refractivity contribution is 5.92. The van der Waals surface area contributed by atoms with Gasteiger partial charge in [0.1, 0.15) is 5.69 Å². The van der Waals surface area contributed by atoms with Gasteiger partial charge in [-0.1, -0.05) is 48.5 Å². The largest absolute Gasteiger partial charge is 0.346 e. The van der Waals surface area contributed by atoms with Gasteiger partial charge < -0.3 is 5.32 Å². The lowest BCUT2D eigenvalue weighted by molar-refractivity contribution is 0.0943. The number of carbonyl (C=O) groups is 1. The molecule has 0 aliphatic carbocycles. The summed E-state index contributed by atoms with van der Waals surface area (Å²) in [6.45, 7) is 0.278. The lowest BCUT2D eigenvalue weighted by Crippen LogP contribution is -2.28. The molecule has 2 aromatic carbocycles. The van der Waals surface area contributed by atoms with E-state index in [0.717, 1.165) is 27.2 Å². The normalized spacial score (nSPS) is 10.7. The van der Waals surface area contributed by atoms with Gasteiger partial charge in [0.2, 0.25) is 0 Å². The monoisotopic (exact) mass is 385 g/mol. The Kier molecular flexibility index (Phi) is 5.03. The predicted octanol–water partition coefficient (Wildman–Crippen LogP) is 2.56. The van der Waals surface area contributed by atoms with Crippen molar-refractivity contribution in [1.82, 2.24) is 24.9 Å². The molecule has 4 rings (SSSR count). The molecule has 0 fully saturated rings. The van der Waals surface area contributed by atoms with Crippen LogP contribution in [0, 0.1) is 0 Å². The molecule has 0 radical (unpaired) electrons. The summed E-state index contributed by atoms with van der Waals surface area (Å²) in [7, 11) is 1.51. The summed E-state index contributed by atoms with van der Waals surface area (Å²) in [5.41, 5.74) is 3.48. The van der Waals surface area contributed by atoms with E-state index in [2.05, 4.69) is 10.4 Å². The summed E-state index contributed by atoms with van der Waals surface area (Å²) >= 11 is 0. The second-order valence-electron chi connectivity index (χ2n) is 6.51. The number of aryl methyl sites for hydroxylation is 1. The van der Waals surface area contributed by atoms with Crippen LogP contribution in [0.3, 0.4) is 0 Å². The van der Waals surface area contributed by atoms with Crippen LogP contribution in [0.1, 0.15) is 16.1 Å². The third kappa shape index (κ3) is 3.98. The second kappa shape index (κ2) is 7.93. The van der Waals surface area contributed by atoms with Crippen molar-refractivity contribution in [2.75, 3.05) is 0 Å². The fourth-order valence-electron chi connectivity index (χ4n) is 2.98. The molecule has 29 heavy (non-hydrogen) atoms. The number of hydrogen-bond acceptors (Lipinski definition) is 4. The lowest BCUT2D eigenvalue weighted by atomic mass is 10.1. The molecule has 0 unspecified atom stereocenters. The third-order valence-corrected chi connectivity index (χ3v) is 4.49. The van der Waals surface area contributed by atoms with Crippen molar-refractivity contribution in [3.8, 4) is 16.9 Å². The summed E-state index contributed by atoms with van der Waals surface area (Å²) in [6, 6.07) is 22.4. The van der Waals surface area contributed by atoms with Crippen LogP contribution in [0.2, 0.25) is 0 Å². The van der Waals surface area contributed by atoms with Crippen LogP contribution in [-0.4, -0.2) is 25.5 Å². The van der Waals surface area contributed by atoms with Gasteiger partial charge in [-0.3, -0.25) is 9.59 Å². The lowest BCUT2D eigenvalue weighted by Gasteiger charge is -2.06. The molecule has 4 aromatic rings. The van der Waals surface area contributed by atoms with Crippen LogP contribution in [0.4, 0.5) is 0 Å². The van der Waals surface area contributed by atoms with E-state index >= 15 is 0 Å². The number of aromatic nitrogens is 4. The molecule has 1 amide bonds. The number of para-hydroxylation sites is 1. The summed E-state index contributed by atoms with van der Waals surface area (Å²) in [5, 5.41) is 11.6. The van der Waals surface area contributed by atoms with E-state index in [4.69, 9.17) is 5.10 Å². The molecule has 0 saturated carbocycles.